The van der Waals surface area contributed by atoms with Gasteiger partial charge < -0.3 is 11.1 Å². The van der Waals surface area contributed by atoms with E-state index in [-0.39, 0.29) is 19.0 Å². The van der Waals surface area contributed by atoms with E-state index in [2.05, 4.69) is 10.0 Å². The SMILES string of the molecule is CCCNC(=O)CNS(=O)(=O)C(CC)CN. The van der Waals surface area contributed by atoms with E-state index < -0.39 is 15.3 Å². The Morgan fingerprint density at radius 1 is 1.38 bits per heavy atom. The second kappa shape index (κ2) is 7.59. The van der Waals surface area contributed by atoms with Crippen LogP contribution in [0.3, 0.4) is 0 Å². The third-order valence-electron chi connectivity index (χ3n) is 2.16. The van der Waals surface area contributed by atoms with Gasteiger partial charge in [-0.3, -0.25) is 4.79 Å². The van der Waals surface area contributed by atoms with E-state index in [0.29, 0.717) is 13.0 Å². The smallest absolute Gasteiger partial charge is 0.235 e. The van der Waals surface area contributed by atoms with E-state index in [4.69, 9.17) is 5.73 Å². The molecule has 0 saturated carbocycles. The molecule has 0 aliphatic rings. The van der Waals surface area contributed by atoms with E-state index in [1.165, 1.54) is 0 Å². The first-order chi connectivity index (χ1) is 7.47. The van der Waals surface area contributed by atoms with Crippen molar-refractivity contribution in [2.75, 3.05) is 19.6 Å². The number of hydrogen-bond donors (Lipinski definition) is 3. The Balaban J connectivity index is 4.13. The first kappa shape index (κ1) is 15.3. The summed E-state index contributed by atoms with van der Waals surface area (Å²) in [5.74, 6) is -0.322. The molecular formula is C9H21N3O3S. The van der Waals surface area contributed by atoms with E-state index >= 15 is 0 Å². The van der Waals surface area contributed by atoms with Gasteiger partial charge in [-0.1, -0.05) is 13.8 Å². The molecule has 1 unspecified atom stereocenters. The molecule has 0 bridgehead atoms. The van der Waals surface area contributed by atoms with Crippen molar-refractivity contribution in [3.8, 4) is 0 Å². The lowest BCUT2D eigenvalue weighted by Gasteiger charge is -2.14. The number of carbonyl (C=O) groups is 1. The average Bonchev–Trinajstić information content (AvgIpc) is 2.25. The zero-order valence-electron chi connectivity index (χ0n) is 9.82. The average molecular weight is 251 g/mol. The molecule has 0 aliphatic carbocycles. The number of nitrogens with two attached hydrogens (primary N) is 1. The molecule has 0 heterocycles. The van der Waals surface area contributed by atoms with E-state index in [1.54, 1.807) is 6.92 Å². The van der Waals surface area contributed by atoms with Crippen LogP contribution in [-0.4, -0.2) is 39.2 Å². The summed E-state index contributed by atoms with van der Waals surface area (Å²) in [5, 5.41) is 1.95. The summed E-state index contributed by atoms with van der Waals surface area (Å²) in [6.45, 7) is 4.05. The summed E-state index contributed by atoms with van der Waals surface area (Å²) in [6, 6.07) is 0. The Kier molecular flexibility index (Phi) is 7.27. The van der Waals surface area contributed by atoms with Gasteiger partial charge in [0.25, 0.3) is 0 Å². The van der Waals surface area contributed by atoms with Gasteiger partial charge in [0.2, 0.25) is 15.9 Å². The van der Waals surface area contributed by atoms with Gasteiger partial charge in [-0.2, -0.15) is 0 Å². The molecule has 0 spiro atoms. The predicted molar refractivity (Wildman–Crippen MR) is 63.4 cm³/mol. The van der Waals surface area contributed by atoms with Crippen molar-refractivity contribution < 1.29 is 13.2 Å². The lowest BCUT2D eigenvalue weighted by atomic mass is 10.3. The minimum absolute atomic E-state index is 0.0579. The van der Waals surface area contributed by atoms with Crippen LogP contribution in [0, 0.1) is 0 Å². The normalized spacial score (nSPS) is 13.4. The van der Waals surface area contributed by atoms with Gasteiger partial charge in [0, 0.05) is 13.1 Å². The zero-order chi connectivity index (χ0) is 12.6. The summed E-state index contributed by atoms with van der Waals surface area (Å²) in [5.41, 5.74) is 5.34. The molecule has 0 radical (unpaired) electrons. The molecule has 0 aliphatic heterocycles. The maximum Gasteiger partial charge on any atom is 0.235 e. The van der Waals surface area contributed by atoms with Gasteiger partial charge in [0.15, 0.2) is 0 Å². The van der Waals surface area contributed by atoms with Crippen LogP contribution in [0.5, 0.6) is 0 Å². The van der Waals surface area contributed by atoms with E-state index in [1.807, 2.05) is 6.92 Å². The number of sulfonamides is 1. The van der Waals surface area contributed by atoms with Crippen molar-refractivity contribution in [3.63, 3.8) is 0 Å². The molecule has 7 heteroatoms. The number of amides is 1. The largest absolute Gasteiger partial charge is 0.355 e. The van der Waals surface area contributed by atoms with Gasteiger partial charge >= 0.3 is 0 Å². The molecule has 0 aromatic heterocycles. The fourth-order valence-electron chi connectivity index (χ4n) is 1.12. The van der Waals surface area contributed by atoms with Gasteiger partial charge in [-0.25, -0.2) is 13.1 Å². The summed E-state index contributed by atoms with van der Waals surface area (Å²) in [7, 11) is -3.48. The Morgan fingerprint density at radius 2 is 2.00 bits per heavy atom. The standard InChI is InChI=1S/C9H21N3O3S/c1-3-5-11-9(13)7-12-16(14,15)8(4-2)6-10/h8,12H,3-7,10H2,1-2H3,(H,11,13). The fourth-order valence-corrected chi connectivity index (χ4v) is 2.38. The molecule has 0 aromatic carbocycles. The molecule has 0 rings (SSSR count). The van der Waals surface area contributed by atoms with Crippen molar-refractivity contribution in [2.24, 2.45) is 5.73 Å². The van der Waals surface area contributed by atoms with Gasteiger partial charge in [0.05, 0.1) is 11.8 Å². The maximum atomic E-state index is 11.6. The van der Waals surface area contributed by atoms with Gasteiger partial charge in [0.1, 0.15) is 0 Å². The van der Waals surface area contributed by atoms with Crippen molar-refractivity contribution in [1.82, 2.24) is 10.0 Å². The monoisotopic (exact) mass is 251 g/mol. The summed E-state index contributed by atoms with van der Waals surface area (Å²) < 4.78 is 25.4. The van der Waals surface area contributed by atoms with E-state index in [0.717, 1.165) is 6.42 Å². The quantitative estimate of drug-likeness (QED) is 0.524. The summed E-state index contributed by atoms with van der Waals surface area (Å²) in [6.07, 6.45) is 1.25. The third-order valence-corrected chi connectivity index (χ3v) is 4.11. The minimum Gasteiger partial charge on any atom is -0.355 e. The molecule has 4 N–H and O–H groups in total. The highest BCUT2D eigenvalue weighted by Gasteiger charge is 2.22. The number of rotatable bonds is 8. The Bertz CT molecular complexity index is 299. The second-order valence-corrected chi connectivity index (χ2v) is 5.53. The van der Waals surface area contributed by atoms with Gasteiger partial charge in [-0.15, -0.1) is 0 Å². The van der Waals surface area contributed by atoms with Crippen molar-refractivity contribution in [2.45, 2.75) is 31.9 Å². The number of hydrogen-bond acceptors (Lipinski definition) is 4. The number of nitrogens with one attached hydrogen (secondary N) is 2. The molecule has 0 saturated heterocycles. The Hall–Kier alpha value is -0.660. The van der Waals surface area contributed by atoms with Crippen molar-refractivity contribution in [3.05, 3.63) is 0 Å². The van der Waals surface area contributed by atoms with Crippen LogP contribution in [0.15, 0.2) is 0 Å². The van der Waals surface area contributed by atoms with Crippen molar-refractivity contribution in [1.29, 1.82) is 0 Å². The molecule has 1 atom stereocenters. The molecule has 6 nitrogen and oxygen atoms in total. The molecule has 16 heavy (non-hydrogen) atoms. The minimum atomic E-state index is -3.48. The van der Waals surface area contributed by atoms with Gasteiger partial charge in [-0.05, 0) is 12.8 Å². The zero-order valence-corrected chi connectivity index (χ0v) is 10.6. The first-order valence-corrected chi connectivity index (χ1v) is 6.97. The van der Waals surface area contributed by atoms with Crippen LogP contribution in [0.1, 0.15) is 26.7 Å². The topological polar surface area (TPSA) is 101 Å². The van der Waals surface area contributed by atoms with Crippen LogP contribution >= 0.6 is 0 Å². The first-order valence-electron chi connectivity index (χ1n) is 5.43. The lowest BCUT2D eigenvalue weighted by molar-refractivity contribution is -0.119. The highest BCUT2D eigenvalue weighted by atomic mass is 32.2. The van der Waals surface area contributed by atoms with Crippen LogP contribution in [-0.2, 0) is 14.8 Å². The fraction of sp³-hybridized carbons (Fsp3) is 0.889. The summed E-state index contributed by atoms with van der Waals surface area (Å²) in [4.78, 5) is 11.2. The molecule has 96 valence electrons. The highest BCUT2D eigenvalue weighted by molar-refractivity contribution is 7.90. The maximum absolute atomic E-state index is 11.6. The highest BCUT2D eigenvalue weighted by Crippen LogP contribution is 2.01. The van der Waals surface area contributed by atoms with Crippen LogP contribution < -0.4 is 15.8 Å². The second-order valence-electron chi connectivity index (χ2n) is 3.48. The van der Waals surface area contributed by atoms with Crippen LogP contribution in [0.4, 0.5) is 0 Å². The van der Waals surface area contributed by atoms with Crippen LogP contribution in [0.2, 0.25) is 0 Å². The Labute approximate surface area is 97.0 Å². The Morgan fingerprint density at radius 3 is 2.44 bits per heavy atom. The number of carbonyl (C=O) groups excluding carboxylic acids is 1. The molecular weight excluding hydrogens is 230 g/mol. The third kappa shape index (κ3) is 5.43. The molecule has 0 aromatic rings. The molecule has 1 amide bonds. The predicted octanol–water partition coefficient (Wildman–Crippen LogP) is -0.831. The lowest BCUT2D eigenvalue weighted by Crippen LogP contribution is -2.43. The summed E-state index contributed by atoms with van der Waals surface area (Å²) >= 11 is 0. The van der Waals surface area contributed by atoms with E-state index in [9.17, 15) is 13.2 Å². The van der Waals surface area contributed by atoms with Crippen LogP contribution in [0.25, 0.3) is 0 Å². The van der Waals surface area contributed by atoms with Crippen molar-refractivity contribution >= 4 is 15.9 Å². The molecule has 0 fully saturated rings.